The van der Waals surface area contributed by atoms with Gasteiger partial charge in [-0.3, -0.25) is 14.4 Å². The number of carbonyl (C=O) groups excluding carboxylic acids is 2. The first-order valence-electron chi connectivity index (χ1n) is 10.1. The lowest BCUT2D eigenvalue weighted by atomic mass is 10.1. The highest BCUT2D eigenvalue weighted by Crippen LogP contribution is 2.38. The number of carbonyl (C=O) groups is 2. The van der Waals surface area contributed by atoms with Crippen LogP contribution in [0.2, 0.25) is 0 Å². The zero-order valence-electron chi connectivity index (χ0n) is 16.6. The molecule has 3 atom stereocenters. The van der Waals surface area contributed by atoms with Crippen molar-refractivity contribution in [3.8, 4) is 5.75 Å². The van der Waals surface area contributed by atoms with Gasteiger partial charge in [0.05, 0.1) is 12.6 Å². The predicted octanol–water partition coefficient (Wildman–Crippen LogP) is 1.63. The number of pyridine rings is 1. The van der Waals surface area contributed by atoms with Crippen molar-refractivity contribution in [3.05, 3.63) is 62.8 Å². The third kappa shape index (κ3) is 3.07. The Hall–Kier alpha value is -3.34. The zero-order chi connectivity index (χ0) is 22.7. The molecule has 2 amide bonds. The topological polar surface area (TPSA) is 101 Å². The van der Waals surface area contributed by atoms with Crippen molar-refractivity contribution in [2.75, 3.05) is 0 Å². The molecule has 1 aromatic carbocycles. The number of aromatic nitrogens is 1. The molecule has 1 aliphatic carbocycles. The number of aromatic hydroxyl groups is 1. The Labute approximate surface area is 179 Å². The number of hydrogen-bond acceptors (Lipinski definition) is 5. The van der Waals surface area contributed by atoms with Crippen molar-refractivity contribution < 1.29 is 32.6 Å². The molecule has 3 aliphatic rings. The lowest BCUT2D eigenvalue weighted by Gasteiger charge is -2.44. The quantitative estimate of drug-likeness (QED) is 0.694. The van der Waals surface area contributed by atoms with Crippen molar-refractivity contribution in [2.45, 2.75) is 50.7 Å². The Balaban J connectivity index is 1.43. The highest BCUT2D eigenvalue weighted by atomic mass is 19.2. The summed E-state index contributed by atoms with van der Waals surface area (Å²) in [5.41, 5.74) is -2.08. The van der Waals surface area contributed by atoms with E-state index in [0.717, 1.165) is 25.1 Å². The third-order valence-electron chi connectivity index (χ3n) is 6.26. The third-order valence-corrected chi connectivity index (χ3v) is 6.26. The average Bonchev–Trinajstić information content (AvgIpc) is 3.14. The molecule has 8 nitrogen and oxygen atoms in total. The van der Waals surface area contributed by atoms with Crippen LogP contribution in [0.5, 0.6) is 5.75 Å². The van der Waals surface area contributed by atoms with Crippen molar-refractivity contribution in [3.63, 3.8) is 0 Å². The highest BCUT2D eigenvalue weighted by molar-refractivity contribution is 5.99. The Bertz CT molecular complexity index is 1210. The van der Waals surface area contributed by atoms with E-state index in [2.05, 4.69) is 5.32 Å². The monoisotopic (exact) mass is 449 g/mol. The van der Waals surface area contributed by atoms with Gasteiger partial charge in [-0.25, -0.2) is 13.2 Å². The normalized spacial score (nSPS) is 23.7. The van der Waals surface area contributed by atoms with Crippen LogP contribution in [0, 0.1) is 17.5 Å². The molecule has 0 radical (unpaired) electrons. The van der Waals surface area contributed by atoms with Crippen LogP contribution in [-0.4, -0.2) is 44.8 Å². The average molecular weight is 449 g/mol. The molecule has 2 aromatic rings. The molecule has 1 saturated heterocycles. The molecule has 2 bridgehead atoms. The molecule has 2 N–H and O–H groups in total. The summed E-state index contributed by atoms with van der Waals surface area (Å²) in [5.74, 6) is -6.87. The van der Waals surface area contributed by atoms with Crippen LogP contribution in [0.3, 0.4) is 0 Å². The number of rotatable bonds is 3. The van der Waals surface area contributed by atoms with Crippen molar-refractivity contribution in [1.29, 1.82) is 0 Å². The summed E-state index contributed by atoms with van der Waals surface area (Å²) in [4.78, 5) is 39.7. The minimum Gasteiger partial charge on any atom is -0.503 e. The van der Waals surface area contributed by atoms with Gasteiger partial charge < -0.3 is 24.6 Å². The smallest absolute Gasteiger partial charge is 0.276 e. The molecule has 0 spiro atoms. The summed E-state index contributed by atoms with van der Waals surface area (Å²) < 4.78 is 47.5. The largest absolute Gasteiger partial charge is 0.503 e. The SMILES string of the molecule is O=C(NCc1ccc(F)c(F)c1F)c1cn2c(c(O)c1=O)C(=O)N1[C@@H]3CC[C@@H](C3)O[C@H]1C2. The lowest BCUT2D eigenvalue weighted by Crippen LogP contribution is -2.57. The van der Waals surface area contributed by atoms with Gasteiger partial charge in [0.2, 0.25) is 5.43 Å². The van der Waals surface area contributed by atoms with Crippen LogP contribution in [0.4, 0.5) is 13.2 Å². The summed E-state index contributed by atoms with van der Waals surface area (Å²) in [5, 5.41) is 12.7. The van der Waals surface area contributed by atoms with Gasteiger partial charge in [-0.05, 0) is 25.3 Å². The molecule has 1 saturated carbocycles. The van der Waals surface area contributed by atoms with Gasteiger partial charge in [-0.1, -0.05) is 6.07 Å². The number of fused-ring (bicyclic) bond motifs is 5. The van der Waals surface area contributed by atoms with E-state index in [1.807, 2.05) is 0 Å². The first kappa shape index (κ1) is 20.6. The van der Waals surface area contributed by atoms with E-state index in [0.29, 0.717) is 12.5 Å². The number of nitrogens with one attached hydrogen (secondary N) is 1. The first-order valence-corrected chi connectivity index (χ1v) is 10.1. The fourth-order valence-corrected chi connectivity index (χ4v) is 4.69. The summed E-state index contributed by atoms with van der Waals surface area (Å²) in [7, 11) is 0. The van der Waals surface area contributed by atoms with Crippen molar-refractivity contribution >= 4 is 11.8 Å². The second kappa shape index (κ2) is 7.37. The summed E-state index contributed by atoms with van der Waals surface area (Å²) in [6.07, 6.45) is 2.91. The van der Waals surface area contributed by atoms with Crippen molar-refractivity contribution in [1.82, 2.24) is 14.8 Å². The second-order valence-corrected chi connectivity index (χ2v) is 8.13. The van der Waals surface area contributed by atoms with Crippen LogP contribution in [-0.2, 0) is 17.8 Å². The van der Waals surface area contributed by atoms with Gasteiger partial charge >= 0.3 is 0 Å². The molecule has 2 aliphatic heterocycles. The molecular formula is C21H18F3N3O5. The standard InChI is InChI=1S/C21H18F3N3O5/c22-13-4-1-9(15(23)16(13)24)6-25-20(30)12-7-26-8-14-27(10-2-3-11(5-10)32-14)21(31)17(26)19(29)18(12)28/h1,4,7,10-11,14,29H,2-3,5-6,8H2,(H,25,30)/t10-,11+,14+/m1/s1. The number of hydrogen-bond donors (Lipinski definition) is 2. The number of ether oxygens (including phenoxy) is 1. The Kier molecular flexibility index (Phi) is 4.73. The molecule has 11 heteroatoms. The van der Waals surface area contributed by atoms with Gasteiger partial charge in [0.25, 0.3) is 11.8 Å². The highest BCUT2D eigenvalue weighted by Gasteiger charge is 2.47. The Morgan fingerprint density at radius 1 is 1.19 bits per heavy atom. The molecule has 32 heavy (non-hydrogen) atoms. The number of amides is 2. The molecular weight excluding hydrogens is 431 g/mol. The molecule has 168 valence electrons. The van der Waals surface area contributed by atoms with Crippen LogP contribution < -0.4 is 10.7 Å². The van der Waals surface area contributed by atoms with E-state index in [4.69, 9.17) is 4.74 Å². The minimum atomic E-state index is -1.67. The maximum Gasteiger partial charge on any atom is 0.276 e. The Morgan fingerprint density at radius 2 is 1.97 bits per heavy atom. The van der Waals surface area contributed by atoms with E-state index in [9.17, 15) is 32.7 Å². The number of nitrogens with zero attached hydrogens (tertiary/aromatic N) is 2. The number of halogens is 3. The van der Waals surface area contributed by atoms with E-state index in [-0.39, 0.29) is 29.9 Å². The van der Waals surface area contributed by atoms with Crippen LogP contribution in [0.25, 0.3) is 0 Å². The van der Waals surface area contributed by atoms with Gasteiger partial charge in [0, 0.05) is 24.3 Å². The minimum absolute atomic E-state index is 0.0246. The van der Waals surface area contributed by atoms with Crippen LogP contribution >= 0.6 is 0 Å². The van der Waals surface area contributed by atoms with Gasteiger partial charge in [0.1, 0.15) is 5.56 Å². The van der Waals surface area contributed by atoms with E-state index in [1.54, 1.807) is 4.90 Å². The summed E-state index contributed by atoms with van der Waals surface area (Å²) in [6, 6.07) is 1.66. The second-order valence-electron chi connectivity index (χ2n) is 8.13. The van der Waals surface area contributed by atoms with Gasteiger partial charge in [0.15, 0.2) is 35.1 Å². The Morgan fingerprint density at radius 3 is 2.75 bits per heavy atom. The maximum atomic E-state index is 13.8. The molecule has 5 rings (SSSR count). The fraction of sp³-hybridized carbons (Fsp3) is 0.381. The van der Waals surface area contributed by atoms with Crippen molar-refractivity contribution in [2.24, 2.45) is 0 Å². The molecule has 3 heterocycles. The van der Waals surface area contributed by atoms with Gasteiger partial charge in [-0.2, -0.15) is 0 Å². The lowest BCUT2D eigenvalue weighted by molar-refractivity contribution is -0.132. The molecule has 0 unspecified atom stereocenters. The molecule has 1 aromatic heterocycles. The van der Waals surface area contributed by atoms with Crippen LogP contribution in [0.15, 0.2) is 23.1 Å². The van der Waals surface area contributed by atoms with E-state index < -0.39 is 58.8 Å². The first-order chi connectivity index (χ1) is 15.3. The summed E-state index contributed by atoms with van der Waals surface area (Å²) >= 11 is 0. The van der Waals surface area contributed by atoms with Gasteiger partial charge in [-0.15, -0.1) is 0 Å². The van der Waals surface area contributed by atoms with Crippen LogP contribution in [0.1, 0.15) is 45.7 Å². The maximum absolute atomic E-state index is 13.8. The zero-order valence-corrected chi connectivity index (χ0v) is 16.6. The van der Waals surface area contributed by atoms with E-state index in [1.165, 1.54) is 4.57 Å². The summed E-state index contributed by atoms with van der Waals surface area (Å²) in [6.45, 7) is -0.397. The van der Waals surface area contributed by atoms with E-state index >= 15 is 0 Å². The number of benzene rings is 1. The fourth-order valence-electron chi connectivity index (χ4n) is 4.69. The predicted molar refractivity (Wildman–Crippen MR) is 102 cm³/mol. The molecule has 2 fully saturated rings.